The summed E-state index contributed by atoms with van der Waals surface area (Å²) in [6.07, 6.45) is 6.45. The quantitative estimate of drug-likeness (QED) is 0.114. The molecule has 0 aliphatic carbocycles. The first kappa shape index (κ1) is 33.9. The van der Waals surface area contributed by atoms with Crippen LogP contribution in [0.1, 0.15) is 83.4 Å². The molecule has 47 heavy (non-hydrogen) atoms. The van der Waals surface area contributed by atoms with E-state index in [1.165, 1.54) is 0 Å². The molecule has 0 unspecified atom stereocenters. The summed E-state index contributed by atoms with van der Waals surface area (Å²) in [5.41, 5.74) is 7.09. The Kier molecular flexibility index (Phi) is 11.4. The van der Waals surface area contributed by atoms with Gasteiger partial charge in [-0.25, -0.2) is 9.97 Å². The first-order valence-corrected chi connectivity index (χ1v) is 17.0. The molecule has 0 saturated carbocycles. The number of carbonyl (C=O) groups is 2. The maximum Gasteiger partial charge on any atom is 0.222 e. The van der Waals surface area contributed by atoms with E-state index < -0.39 is 0 Å². The highest BCUT2D eigenvalue weighted by Crippen LogP contribution is 2.33. The lowest BCUT2D eigenvalue weighted by atomic mass is 9.95. The second-order valence-electron chi connectivity index (χ2n) is 12.3. The Morgan fingerprint density at radius 1 is 0.766 bits per heavy atom. The van der Waals surface area contributed by atoms with Gasteiger partial charge in [-0.2, -0.15) is 0 Å². The number of aromatic amines is 2. The normalized spacial score (nSPS) is 11.4. The van der Waals surface area contributed by atoms with Crippen molar-refractivity contribution in [1.29, 1.82) is 0 Å². The van der Waals surface area contributed by atoms with Crippen molar-refractivity contribution in [3.8, 4) is 22.4 Å². The molecule has 0 radical (unpaired) electrons. The van der Waals surface area contributed by atoms with Crippen molar-refractivity contribution in [1.82, 2.24) is 29.7 Å². The number of nitrogens with one attached hydrogen (secondary N) is 2. The number of methoxy groups -OCH3 is 1. The molecule has 0 saturated heterocycles. The molecule has 0 aliphatic heterocycles. The van der Waals surface area contributed by atoms with Crippen LogP contribution in [0.25, 0.3) is 44.2 Å². The zero-order valence-corrected chi connectivity index (χ0v) is 28.5. The summed E-state index contributed by atoms with van der Waals surface area (Å²) in [5.74, 6) is 1.93. The van der Waals surface area contributed by atoms with E-state index in [0.29, 0.717) is 32.5 Å². The Balaban J connectivity index is 1.41. The summed E-state index contributed by atoms with van der Waals surface area (Å²) in [7, 11) is 1.71. The minimum atomic E-state index is 0.167. The topological polar surface area (TPSA) is 107 Å². The first-order chi connectivity index (χ1) is 22.9. The predicted molar refractivity (Wildman–Crippen MR) is 189 cm³/mol. The van der Waals surface area contributed by atoms with Gasteiger partial charge in [-0.3, -0.25) is 9.59 Å². The van der Waals surface area contributed by atoms with Gasteiger partial charge in [0.05, 0.1) is 42.6 Å². The molecule has 0 bridgehead atoms. The van der Waals surface area contributed by atoms with E-state index >= 15 is 0 Å². The van der Waals surface area contributed by atoms with Gasteiger partial charge in [-0.05, 0) is 71.5 Å². The third-order valence-electron chi connectivity index (χ3n) is 8.48. The number of amides is 2. The number of carbonyl (C=O) groups excluding carboxylic acids is 2. The molecule has 0 fully saturated rings. The summed E-state index contributed by atoms with van der Waals surface area (Å²) in [6, 6.07) is 17.1. The minimum Gasteiger partial charge on any atom is -0.380 e. The molecule has 2 aromatic heterocycles. The number of hydrogen-bond donors (Lipinski definition) is 2. The van der Waals surface area contributed by atoms with Crippen LogP contribution >= 0.6 is 0 Å². The lowest BCUT2D eigenvalue weighted by molar-refractivity contribution is -0.132. The highest BCUT2D eigenvalue weighted by Gasteiger charge is 2.17. The second-order valence-corrected chi connectivity index (χ2v) is 12.3. The zero-order chi connectivity index (χ0) is 33.3. The number of aromatic nitrogens is 4. The minimum absolute atomic E-state index is 0.167. The third-order valence-corrected chi connectivity index (χ3v) is 8.48. The van der Waals surface area contributed by atoms with Gasteiger partial charge in [0.2, 0.25) is 11.8 Å². The molecule has 248 valence electrons. The summed E-state index contributed by atoms with van der Waals surface area (Å²) in [6.45, 7) is 11.1. The number of hydrogen-bond acceptors (Lipinski definition) is 5. The maximum absolute atomic E-state index is 12.7. The number of benzene rings is 3. The van der Waals surface area contributed by atoms with Gasteiger partial charge in [0.1, 0.15) is 11.6 Å². The first-order valence-electron chi connectivity index (χ1n) is 17.0. The monoisotopic (exact) mass is 636 g/mol. The molecular formula is C38H48N6O3. The van der Waals surface area contributed by atoms with Crippen LogP contribution in [0, 0.1) is 0 Å². The smallest absolute Gasteiger partial charge is 0.222 e. The summed E-state index contributed by atoms with van der Waals surface area (Å²) in [5, 5.41) is 2.20. The van der Waals surface area contributed by atoms with E-state index in [0.717, 1.165) is 100 Å². The highest BCUT2D eigenvalue weighted by molar-refractivity contribution is 6.05. The summed E-state index contributed by atoms with van der Waals surface area (Å²) < 4.78 is 5.63. The van der Waals surface area contributed by atoms with Crippen LogP contribution in [-0.2, 0) is 34.0 Å². The molecular weight excluding hydrogens is 588 g/mol. The predicted octanol–water partition coefficient (Wildman–Crippen LogP) is 8.00. The van der Waals surface area contributed by atoms with Gasteiger partial charge in [0, 0.05) is 38.4 Å². The molecule has 2 heterocycles. The standard InChI is InChI=1S/C38H48N6O3/c1-6-10-36(45)43(18-8-3)23-34-39-22-33(41-34)28-13-15-30(29(21-28)25-47-5)26-12-16-31-27(20-26)14-17-32-38(31)42-35(40-32)24-44(19-9-4)37(46)11-7-2/h12-17,20-22H,6-11,18-19,23-25H2,1-5H3,(H,39,41)(H,40,42). The fraction of sp³-hybridized carbons (Fsp3) is 0.421. The van der Waals surface area contributed by atoms with Crippen molar-refractivity contribution in [3.63, 3.8) is 0 Å². The molecule has 9 heteroatoms. The number of rotatable bonds is 16. The fourth-order valence-electron chi connectivity index (χ4n) is 6.24. The van der Waals surface area contributed by atoms with Crippen molar-refractivity contribution >= 4 is 33.6 Å². The van der Waals surface area contributed by atoms with Gasteiger partial charge in [0.25, 0.3) is 0 Å². The average molecular weight is 637 g/mol. The molecule has 3 aromatic carbocycles. The van der Waals surface area contributed by atoms with Gasteiger partial charge in [0.15, 0.2) is 0 Å². The van der Waals surface area contributed by atoms with Gasteiger partial charge in [-0.15, -0.1) is 0 Å². The van der Waals surface area contributed by atoms with Gasteiger partial charge >= 0.3 is 0 Å². The Hall–Kier alpha value is -4.50. The van der Waals surface area contributed by atoms with Crippen LogP contribution in [0.15, 0.2) is 54.7 Å². The van der Waals surface area contributed by atoms with Crippen molar-refractivity contribution in [2.45, 2.75) is 85.9 Å². The number of imidazole rings is 2. The van der Waals surface area contributed by atoms with Gasteiger partial charge < -0.3 is 24.5 Å². The SMILES string of the molecule is CCCC(=O)N(CCC)Cc1ncc(-c2ccc(-c3ccc4c(ccc5nc(CN(CCC)C(=O)CCC)[nH]c54)c3)c(COC)c2)[nH]1. The number of fused-ring (bicyclic) bond motifs is 3. The number of ether oxygens (including phenoxy) is 1. The van der Waals surface area contributed by atoms with Crippen LogP contribution in [-0.4, -0.2) is 61.7 Å². The second kappa shape index (κ2) is 15.9. The van der Waals surface area contributed by atoms with Crippen LogP contribution in [0.2, 0.25) is 0 Å². The van der Waals surface area contributed by atoms with E-state index in [9.17, 15) is 9.59 Å². The van der Waals surface area contributed by atoms with Crippen molar-refractivity contribution < 1.29 is 14.3 Å². The molecule has 9 nitrogen and oxygen atoms in total. The summed E-state index contributed by atoms with van der Waals surface area (Å²) in [4.78, 5) is 45.5. The van der Waals surface area contributed by atoms with E-state index in [1.54, 1.807) is 7.11 Å². The fourth-order valence-corrected chi connectivity index (χ4v) is 6.24. The Morgan fingerprint density at radius 2 is 1.45 bits per heavy atom. The molecule has 2 amide bonds. The zero-order valence-electron chi connectivity index (χ0n) is 28.5. The molecule has 0 atom stereocenters. The third kappa shape index (κ3) is 7.91. The largest absolute Gasteiger partial charge is 0.380 e. The van der Waals surface area contributed by atoms with E-state index in [4.69, 9.17) is 9.72 Å². The Labute approximate surface area is 277 Å². The maximum atomic E-state index is 12.7. The van der Waals surface area contributed by atoms with Crippen molar-refractivity contribution in [2.24, 2.45) is 0 Å². The van der Waals surface area contributed by atoms with Gasteiger partial charge in [-0.1, -0.05) is 58.0 Å². The van der Waals surface area contributed by atoms with Crippen LogP contribution in [0.3, 0.4) is 0 Å². The van der Waals surface area contributed by atoms with E-state index in [1.807, 2.05) is 35.9 Å². The molecule has 0 aliphatic rings. The molecule has 2 N–H and O–H groups in total. The van der Waals surface area contributed by atoms with Crippen molar-refractivity contribution in [2.75, 3.05) is 20.2 Å². The van der Waals surface area contributed by atoms with Crippen LogP contribution in [0.5, 0.6) is 0 Å². The lowest BCUT2D eigenvalue weighted by Crippen LogP contribution is -2.31. The Morgan fingerprint density at radius 3 is 2.11 bits per heavy atom. The van der Waals surface area contributed by atoms with E-state index in [-0.39, 0.29) is 11.8 Å². The number of nitrogens with zero attached hydrogens (tertiary/aromatic N) is 4. The lowest BCUT2D eigenvalue weighted by Gasteiger charge is -2.20. The Bertz CT molecular complexity index is 1820. The molecule has 5 aromatic rings. The van der Waals surface area contributed by atoms with Crippen LogP contribution < -0.4 is 0 Å². The highest BCUT2D eigenvalue weighted by atomic mass is 16.5. The van der Waals surface area contributed by atoms with Crippen LogP contribution in [0.4, 0.5) is 0 Å². The summed E-state index contributed by atoms with van der Waals surface area (Å²) >= 11 is 0. The number of H-pyrrole nitrogens is 2. The molecule has 5 rings (SSSR count). The van der Waals surface area contributed by atoms with Crippen molar-refractivity contribution in [3.05, 3.63) is 71.9 Å². The molecule has 0 spiro atoms. The average Bonchev–Trinajstić information content (AvgIpc) is 3.71. The van der Waals surface area contributed by atoms with E-state index in [2.05, 4.69) is 71.3 Å².